The molecule has 0 aromatic heterocycles. The van der Waals surface area contributed by atoms with Gasteiger partial charge in [0.2, 0.25) is 0 Å². The molecule has 0 amide bonds. The van der Waals surface area contributed by atoms with E-state index in [2.05, 4.69) is 15.9 Å². The zero-order chi connectivity index (χ0) is 24.8. The van der Waals surface area contributed by atoms with E-state index in [1.54, 1.807) is 0 Å². The van der Waals surface area contributed by atoms with Gasteiger partial charge in [-0.1, -0.05) is 15.9 Å². The first kappa shape index (κ1) is 29.3. The van der Waals surface area contributed by atoms with Gasteiger partial charge in [-0.3, -0.25) is 0 Å². The average Bonchev–Trinajstić information content (AvgIpc) is 2.52. The van der Waals surface area contributed by atoms with Gasteiger partial charge in [0.15, 0.2) is 0 Å². The van der Waals surface area contributed by atoms with Gasteiger partial charge in [0, 0.05) is 11.8 Å². The van der Waals surface area contributed by atoms with E-state index in [0.717, 1.165) is 0 Å². The molecule has 0 spiro atoms. The van der Waals surface area contributed by atoms with Crippen molar-refractivity contribution in [3.05, 3.63) is 0 Å². The van der Waals surface area contributed by atoms with Crippen LogP contribution in [0.1, 0.15) is 19.3 Å². The number of halogens is 18. The van der Waals surface area contributed by atoms with Crippen molar-refractivity contribution in [2.24, 2.45) is 0 Å². The van der Waals surface area contributed by atoms with Gasteiger partial charge in [-0.25, -0.2) is 0 Å². The fourth-order valence-corrected chi connectivity index (χ4v) is 2.19. The summed E-state index contributed by atoms with van der Waals surface area (Å²) in [5.74, 6) is -55.7. The molecule has 0 bridgehead atoms. The zero-order valence-electron chi connectivity index (χ0n) is 13.6. The third-order valence-corrected chi connectivity index (χ3v) is 4.22. The van der Waals surface area contributed by atoms with Crippen LogP contribution in [0.3, 0.4) is 0 Å². The Hall–Kier alpha value is -0.710. The fraction of sp³-hybridized carbons (Fsp3) is 1.00. The maximum absolute atomic E-state index is 13.4. The van der Waals surface area contributed by atoms with Crippen molar-refractivity contribution in [3.8, 4) is 0 Å². The molecular weight excluding hydrogens is 547 g/mol. The third kappa shape index (κ3) is 4.04. The molecule has 0 aliphatic rings. The number of rotatable bonds is 10. The van der Waals surface area contributed by atoms with E-state index in [4.69, 9.17) is 0 Å². The quantitative estimate of drug-likeness (QED) is 0.148. The predicted molar refractivity (Wildman–Crippen MR) is 68.3 cm³/mol. The molecule has 0 saturated heterocycles. The number of alkyl halides is 18. The van der Waals surface area contributed by atoms with Gasteiger partial charge in [0.05, 0.1) is 0 Å². The topological polar surface area (TPSA) is 0 Å². The first-order chi connectivity index (χ1) is 12.8. The van der Waals surface area contributed by atoms with Gasteiger partial charge in [-0.15, -0.1) is 0 Å². The average molecular weight is 555 g/mol. The van der Waals surface area contributed by atoms with Crippen molar-refractivity contribution in [1.29, 1.82) is 0 Å². The number of hydrogen-bond acceptors (Lipinski definition) is 0. The second-order valence-electron chi connectivity index (χ2n) is 5.79. The summed E-state index contributed by atoms with van der Waals surface area (Å²) in [5, 5.41) is -0.210. The Morgan fingerprint density at radius 2 is 0.700 bits per heavy atom. The summed E-state index contributed by atoms with van der Waals surface area (Å²) >= 11 is 2.58. The largest absolute Gasteiger partial charge is 0.460 e. The molecule has 0 aliphatic heterocycles. The first-order valence-corrected chi connectivity index (χ1v) is 8.20. The molecule has 18 heteroatoms. The Morgan fingerprint density at radius 1 is 0.400 bits per heavy atom. The van der Waals surface area contributed by atoms with Crippen LogP contribution in [0.15, 0.2) is 0 Å². The SMILES string of the molecule is FC(F)(F)C(F)(F)C(F)(F)C(F)(F)C(F)(F)C(F)(F)C(F)(F)C(F)(F)CCCCBr. The molecule has 0 nitrogen and oxygen atoms in total. The van der Waals surface area contributed by atoms with E-state index in [9.17, 15) is 74.6 Å². The van der Waals surface area contributed by atoms with Crippen LogP contribution in [0.2, 0.25) is 0 Å². The van der Waals surface area contributed by atoms with E-state index >= 15 is 0 Å². The number of unbranched alkanes of at least 4 members (excludes halogenated alkanes) is 1. The molecule has 182 valence electrons. The van der Waals surface area contributed by atoms with Crippen molar-refractivity contribution in [1.82, 2.24) is 0 Å². The Balaban J connectivity index is 6.48. The Morgan fingerprint density at radius 3 is 1.00 bits per heavy atom. The second-order valence-corrected chi connectivity index (χ2v) is 6.59. The summed E-state index contributed by atoms with van der Waals surface area (Å²) in [6.45, 7) is 0. The van der Waals surface area contributed by atoms with Crippen LogP contribution < -0.4 is 0 Å². The molecule has 0 radical (unpaired) electrons. The molecule has 0 heterocycles. The summed E-state index contributed by atoms with van der Waals surface area (Å²) in [7, 11) is 0. The van der Waals surface area contributed by atoms with E-state index in [0.29, 0.717) is 0 Å². The van der Waals surface area contributed by atoms with E-state index in [1.165, 1.54) is 0 Å². The summed E-state index contributed by atoms with van der Waals surface area (Å²) in [5.41, 5.74) is 0. The molecule has 0 aromatic rings. The highest BCUT2D eigenvalue weighted by molar-refractivity contribution is 9.09. The number of hydrogen-bond donors (Lipinski definition) is 0. The molecule has 0 atom stereocenters. The Bertz CT molecular complexity index is 590. The van der Waals surface area contributed by atoms with Crippen molar-refractivity contribution >= 4 is 15.9 Å². The van der Waals surface area contributed by atoms with Crippen LogP contribution in [0.4, 0.5) is 74.6 Å². The van der Waals surface area contributed by atoms with Gasteiger partial charge in [0.25, 0.3) is 0 Å². The van der Waals surface area contributed by atoms with Crippen LogP contribution in [-0.2, 0) is 0 Å². The molecular formula is C12H8BrF17. The maximum atomic E-state index is 13.4. The molecule has 0 saturated carbocycles. The van der Waals surface area contributed by atoms with Crippen LogP contribution in [0.5, 0.6) is 0 Å². The lowest BCUT2D eigenvalue weighted by Gasteiger charge is -2.42. The minimum atomic E-state index is -8.57. The lowest BCUT2D eigenvalue weighted by Crippen LogP contribution is -2.74. The van der Waals surface area contributed by atoms with Crippen LogP contribution >= 0.6 is 15.9 Å². The smallest absolute Gasteiger partial charge is 0.200 e. The van der Waals surface area contributed by atoms with Crippen LogP contribution in [-0.4, -0.2) is 53.0 Å². The van der Waals surface area contributed by atoms with Gasteiger partial charge in [0.1, 0.15) is 0 Å². The molecule has 0 fully saturated rings. The van der Waals surface area contributed by atoms with Crippen LogP contribution in [0, 0.1) is 0 Å². The van der Waals surface area contributed by atoms with Crippen molar-refractivity contribution in [2.75, 3.05) is 5.33 Å². The van der Waals surface area contributed by atoms with Crippen molar-refractivity contribution < 1.29 is 74.6 Å². The van der Waals surface area contributed by atoms with Crippen LogP contribution in [0.25, 0.3) is 0 Å². The molecule has 0 unspecified atom stereocenters. The Labute approximate surface area is 163 Å². The normalized spacial score (nSPS) is 16.2. The minimum absolute atomic E-state index is 0.210. The lowest BCUT2D eigenvalue weighted by molar-refractivity contribution is -0.461. The van der Waals surface area contributed by atoms with Crippen molar-refractivity contribution in [2.45, 2.75) is 66.9 Å². The van der Waals surface area contributed by atoms with Gasteiger partial charge >= 0.3 is 47.6 Å². The molecule has 0 aliphatic carbocycles. The standard InChI is InChI=1S/C12H8BrF17/c13-4-2-1-3-5(14,15)6(16,17)7(18,19)8(20,21)9(22,23)10(24,25)11(26,27)12(28,29)30/h1-4H2. The van der Waals surface area contributed by atoms with E-state index < -0.39 is 66.9 Å². The molecule has 0 aromatic carbocycles. The zero-order valence-corrected chi connectivity index (χ0v) is 15.2. The van der Waals surface area contributed by atoms with Crippen molar-refractivity contribution in [3.63, 3.8) is 0 Å². The summed E-state index contributed by atoms with van der Waals surface area (Å²) in [6.07, 6.45) is -11.7. The highest BCUT2D eigenvalue weighted by Gasteiger charge is 2.95. The minimum Gasteiger partial charge on any atom is -0.200 e. The predicted octanol–water partition coefficient (Wildman–Crippen LogP) is 7.56. The van der Waals surface area contributed by atoms with Gasteiger partial charge < -0.3 is 0 Å². The Kier molecular flexibility index (Phi) is 7.82. The maximum Gasteiger partial charge on any atom is 0.460 e. The van der Waals surface area contributed by atoms with Gasteiger partial charge in [-0.2, -0.15) is 74.6 Å². The molecule has 30 heavy (non-hydrogen) atoms. The van der Waals surface area contributed by atoms with E-state index in [1.807, 2.05) is 0 Å². The summed E-state index contributed by atoms with van der Waals surface area (Å²) < 4.78 is 220. The van der Waals surface area contributed by atoms with Gasteiger partial charge in [-0.05, 0) is 12.8 Å². The fourth-order valence-electron chi connectivity index (χ4n) is 1.79. The van der Waals surface area contributed by atoms with E-state index in [-0.39, 0.29) is 5.33 Å². The first-order valence-electron chi connectivity index (χ1n) is 7.08. The third-order valence-electron chi connectivity index (χ3n) is 3.66. The summed E-state index contributed by atoms with van der Waals surface area (Å²) in [4.78, 5) is 0. The molecule has 0 N–H and O–H groups in total. The second kappa shape index (κ2) is 8.01. The lowest BCUT2D eigenvalue weighted by atomic mass is 9.88. The monoisotopic (exact) mass is 554 g/mol. The highest BCUT2D eigenvalue weighted by atomic mass is 79.9. The highest BCUT2D eigenvalue weighted by Crippen LogP contribution is 2.64. The summed E-state index contributed by atoms with van der Waals surface area (Å²) in [6, 6.07) is 0. The molecule has 0 rings (SSSR count).